The van der Waals surface area contributed by atoms with E-state index < -0.39 is 5.69 Å². The molecule has 0 aliphatic heterocycles. The number of aryl methyl sites for hydroxylation is 1. The predicted octanol–water partition coefficient (Wildman–Crippen LogP) is 1.85. The highest BCUT2D eigenvalue weighted by atomic mass is 35.5. The molecule has 22 heavy (non-hydrogen) atoms. The van der Waals surface area contributed by atoms with E-state index >= 15 is 0 Å². The third-order valence-corrected chi connectivity index (χ3v) is 4.26. The third kappa shape index (κ3) is 2.91. The number of nitrogens with zero attached hydrogens (tertiary/aromatic N) is 4. The molecule has 0 aliphatic rings. The molecule has 0 fully saturated rings. The minimum atomic E-state index is -0.395. The number of thioether (sulfide) groups is 1. The first-order valence-electron chi connectivity index (χ1n) is 6.60. The Bertz CT molecular complexity index is 872. The minimum absolute atomic E-state index is 0.358. The Morgan fingerprint density at radius 3 is 2.64 bits per heavy atom. The van der Waals surface area contributed by atoms with Gasteiger partial charge in [-0.15, -0.1) is 6.58 Å². The monoisotopic (exact) mass is 340 g/mol. The summed E-state index contributed by atoms with van der Waals surface area (Å²) in [7, 11) is 3.06. The van der Waals surface area contributed by atoms with Gasteiger partial charge in [-0.25, -0.2) is 9.78 Å². The molecular formula is C14H17ClN4O2S. The van der Waals surface area contributed by atoms with Crippen LogP contribution in [0.3, 0.4) is 0 Å². The van der Waals surface area contributed by atoms with Gasteiger partial charge in [-0.1, -0.05) is 35.5 Å². The second-order valence-corrected chi connectivity index (χ2v) is 6.36. The molecule has 0 aromatic carbocycles. The second kappa shape index (κ2) is 6.58. The largest absolute Gasteiger partial charge is 0.332 e. The van der Waals surface area contributed by atoms with Crippen LogP contribution in [0.1, 0.15) is 6.92 Å². The Morgan fingerprint density at radius 1 is 1.36 bits per heavy atom. The molecule has 2 rings (SSSR count). The van der Waals surface area contributed by atoms with Crippen molar-refractivity contribution < 1.29 is 0 Å². The highest BCUT2D eigenvalue weighted by Gasteiger charge is 2.18. The molecule has 0 spiro atoms. The fourth-order valence-electron chi connectivity index (χ4n) is 2.07. The van der Waals surface area contributed by atoms with E-state index in [0.717, 1.165) is 4.57 Å². The molecule has 0 amide bonds. The molecule has 0 unspecified atom stereocenters. The molecule has 118 valence electrons. The van der Waals surface area contributed by atoms with Crippen LogP contribution >= 0.6 is 23.4 Å². The van der Waals surface area contributed by atoms with Crippen LogP contribution in [0.25, 0.3) is 11.2 Å². The van der Waals surface area contributed by atoms with Gasteiger partial charge in [0.15, 0.2) is 16.3 Å². The van der Waals surface area contributed by atoms with Crippen molar-refractivity contribution in [1.82, 2.24) is 18.7 Å². The Morgan fingerprint density at radius 2 is 2.05 bits per heavy atom. The molecule has 2 aromatic rings. The summed E-state index contributed by atoms with van der Waals surface area (Å²) in [5.74, 6) is 0.629. The highest BCUT2D eigenvalue weighted by molar-refractivity contribution is 7.99. The maximum absolute atomic E-state index is 12.4. The molecule has 2 heterocycles. The van der Waals surface area contributed by atoms with Crippen LogP contribution in [-0.2, 0) is 20.6 Å². The standard InChI is InChI=1S/C14H17ClN4O2S/c1-5-7-19-10-11(16-13(19)22-8-6-9(2)15)17(3)14(21)18(4)12(10)20/h5-6H,1,7-8H2,2-4H3/b9-6-. The highest BCUT2D eigenvalue weighted by Crippen LogP contribution is 2.22. The Hall–Kier alpha value is -1.73. The van der Waals surface area contributed by atoms with E-state index in [1.165, 1.54) is 23.4 Å². The lowest BCUT2D eigenvalue weighted by Crippen LogP contribution is -2.37. The molecule has 0 aliphatic carbocycles. The van der Waals surface area contributed by atoms with Gasteiger partial charge < -0.3 is 4.57 Å². The minimum Gasteiger partial charge on any atom is -0.309 e. The SMILES string of the molecule is C=CCn1c(SC/C=C(/C)Cl)nc2c1c(=O)n(C)c(=O)n2C. The second-order valence-electron chi connectivity index (χ2n) is 4.77. The topological polar surface area (TPSA) is 61.8 Å². The molecule has 0 atom stereocenters. The summed E-state index contributed by atoms with van der Waals surface area (Å²) in [6, 6.07) is 0. The first kappa shape index (κ1) is 16.6. The normalized spacial score (nSPS) is 12.1. The van der Waals surface area contributed by atoms with Gasteiger partial charge in [0.05, 0.1) is 0 Å². The number of rotatable bonds is 5. The van der Waals surface area contributed by atoms with Gasteiger partial charge in [0.2, 0.25) is 0 Å². The van der Waals surface area contributed by atoms with Gasteiger partial charge in [0.1, 0.15) is 0 Å². The quantitative estimate of drug-likeness (QED) is 0.615. The van der Waals surface area contributed by atoms with Gasteiger partial charge in [0.25, 0.3) is 5.56 Å². The smallest absolute Gasteiger partial charge is 0.309 e. The van der Waals surface area contributed by atoms with E-state index in [0.29, 0.717) is 33.7 Å². The van der Waals surface area contributed by atoms with E-state index in [9.17, 15) is 9.59 Å². The number of hydrogen-bond donors (Lipinski definition) is 0. The summed E-state index contributed by atoms with van der Waals surface area (Å²) < 4.78 is 4.23. The fourth-order valence-corrected chi connectivity index (χ4v) is 3.19. The van der Waals surface area contributed by atoms with Crippen LogP contribution < -0.4 is 11.2 Å². The van der Waals surface area contributed by atoms with E-state index in [2.05, 4.69) is 11.6 Å². The lowest BCUT2D eigenvalue weighted by atomic mass is 10.5. The van der Waals surface area contributed by atoms with Gasteiger partial charge >= 0.3 is 5.69 Å². The zero-order valence-corrected chi connectivity index (χ0v) is 14.2. The zero-order valence-electron chi connectivity index (χ0n) is 12.7. The fraction of sp³-hybridized carbons (Fsp3) is 0.357. The number of aromatic nitrogens is 4. The van der Waals surface area contributed by atoms with E-state index in [1.807, 2.05) is 6.08 Å². The summed E-state index contributed by atoms with van der Waals surface area (Å²) >= 11 is 7.27. The van der Waals surface area contributed by atoms with E-state index in [4.69, 9.17) is 11.6 Å². The van der Waals surface area contributed by atoms with Crippen molar-refractivity contribution >= 4 is 34.5 Å². The van der Waals surface area contributed by atoms with Crippen molar-refractivity contribution in [3.8, 4) is 0 Å². The maximum atomic E-state index is 12.4. The molecule has 0 saturated carbocycles. The molecule has 6 nitrogen and oxygen atoms in total. The Kier molecular flexibility index (Phi) is 4.97. The van der Waals surface area contributed by atoms with Crippen molar-refractivity contribution in [2.75, 3.05) is 5.75 Å². The lowest BCUT2D eigenvalue weighted by molar-refractivity contribution is 0.700. The number of imidazole rings is 1. The van der Waals surface area contributed by atoms with Crippen LogP contribution in [0.5, 0.6) is 0 Å². The first-order chi connectivity index (χ1) is 10.4. The van der Waals surface area contributed by atoms with Gasteiger partial charge in [-0.05, 0) is 6.92 Å². The first-order valence-corrected chi connectivity index (χ1v) is 7.97. The maximum Gasteiger partial charge on any atom is 0.332 e. The predicted molar refractivity (Wildman–Crippen MR) is 90.7 cm³/mol. The molecule has 2 aromatic heterocycles. The summed E-state index contributed by atoms with van der Waals surface area (Å²) in [6.45, 7) is 5.96. The third-order valence-electron chi connectivity index (χ3n) is 3.20. The van der Waals surface area contributed by atoms with Gasteiger partial charge in [-0.2, -0.15) is 0 Å². The summed E-state index contributed by atoms with van der Waals surface area (Å²) in [6.07, 6.45) is 3.55. The number of halogens is 1. The van der Waals surface area contributed by atoms with Crippen LogP contribution in [0.15, 0.2) is 38.5 Å². The number of fused-ring (bicyclic) bond motifs is 1. The van der Waals surface area contributed by atoms with Crippen LogP contribution in [0, 0.1) is 0 Å². The van der Waals surface area contributed by atoms with Crippen LogP contribution in [0.2, 0.25) is 0 Å². The number of hydrogen-bond acceptors (Lipinski definition) is 4. The van der Waals surface area contributed by atoms with Crippen molar-refractivity contribution in [3.05, 3.63) is 44.6 Å². The molecule has 0 bridgehead atoms. The van der Waals surface area contributed by atoms with Crippen LogP contribution in [-0.4, -0.2) is 24.4 Å². The van der Waals surface area contributed by atoms with Crippen molar-refractivity contribution in [3.63, 3.8) is 0 Å². The van der Waals surface area contributed by atoms with Crippen LogP contribution in [0.4, 0.5) is 0 Å². The Balaban J connectivity index is 2.70. The molecule has 0 radical (unpaired) electrons. The molecule has 0 N–H and O–H groups in total. The van der Waals surface area contributed by atoms with Crippen molar-refractivity contribution in [2.45, 2.75) is 18.6 Å². The molecule has 8 heteroatoms. The summed E-state index contributed by atoms with van der Waals surface area (Å²) in [4.78, 5) is 28.9. The average Bonchev–Trinajstić information content (AvgIpc) is 2.82. The van der Waals surface area contributed by atoms with Gasteiger partial charge in [-0.3, -0.25) is 13.9 Å². The molecule has 0 saturated heterocycles. The van der Waals surface area contributed by atoms with Crippen molar-refractivity contribution in [2.24, 2.45) is 14.1 Å². The van der Waals surface area contributed by atoms with E-state index in [-0.39, 0.29) is 5.56 Å². The van der Waals surface area contributed by atoms with Crippen molar-refractivity contribution in [1.29, 1.82) is 0 Å². The lowest BCUT2D eigenvalue weighted by Gasteiger charge is -2.06. The summed E-state index contributed by atoms with van der Waals surface area (Å²) in [5, 5.41) is 1.35. The average molecular weight is 341 g/mol. The Labute approximate surface area is 136 Å². The summed E-state index contributed by atoms with van der Waals surface area (Å²) in [5.41, 5.74) is 0.0276. The van der Waals surface area contributed by atoms with E-state index in [1.54, 1.807) is 24.6 Å². The number of allylic oxidation sites excluding steroid dienone is 2. The van der Waals surface area contributed by atoms with Gasteiger partial charge in [0, 0.05) is 31.4 Å². The molecular weight excluding hydrogens is 324 g/mol. The zero-order chi connectivity index (χ0) is 16.4.